The molecule has 2 heterocycles. The number of carbonyl (C=O) groups excluding carboxylic acids is 1. The topological polar surface area (TPSA) is 55.1 Å². The molecular weight excluding hydrogens is 204 g/mol. The molecule has 0 radical (unpaired) electrons. The van der Waals surface area contributed by atoms with E-state index in [4.69, 9.17) is 0 Å². The number of hydrogen-bond donors (Lipinski definition) is 1. The minimum Gasteiger partial charge on any atom is -0.393 e. The first-order valence-electron chi connectivity index (χ1n) is 5.29. The minimum absolute atomic E-state index is 0.346. The number of aromatic nitrogens is 2. The lowest BCUT2D eigenvalue weighted by atomic mass is 10.2. The summed E-state index contributed by atoms with van der Waals surface area (Å²) in [5.41, 5.74) is 1.44. The first kappa shape index (κ1) is 10.8. The van der Waals surface area contributed by atoms with Crippen molar-refractivity contribution in [1.29, 1.82) is 0 Å². The van der Waals surface area contributed by atoms with Crippen molar-refractivity contribution >= 4 is 17.3 Å². The predicted octanol–water partition coefficient (Wildman–Crippen LogP) is 1.62. The Morgan fingerprint density at radius 3 is 3.12 bits per heavy atom. The van der Waals surface area contributed by atoms with Crippen molar-refractivity contribution in [2.24, 2.45) is 0 Å². The molecule has 4 nitrogen and oxygen atoms in total. The van der Waals surface area contributed by atoms with Gasteiger partial charge in [0, 0.05) is 29.9 Å². The van der Waals surface area contributed by atoms with Gasteiger partial charge in [-0.25, -0.2) is 4.98 Å². The second kappa shape index (κ2) is 4.45. The van der Waals surface area contributed by atoms with E-state index in [1.807, 2.05) is 16.7 Å². The van der Waals surface area contributed by atoms with Crippen LogP contribution in [0.15, 0.2) is 24.5 Å². The van der Waals surface area contributed by atoms with Crippen molar-refractivity contribution in [3.63, 3.8) is 0 Å². The molecule has 0 amide bonds. The Morgan fingerprint density at radius 1 is 1.62 bits per heavy atom. The highest BCUT2D eigenvalue weighted by atomic mass is 16.3. The molecule has 0 saturated carbocycles. The third kappa shape index (κ3) is 1.97. The second-order valence-electron chi connectivity index (χ2n) is 3.91. The number of fused-ring (bicyclic) bond motifs is 1. The maximum Gasteiger partial charge on any atom is 0.152 e. The predicted molar refractivity (Wildman–Crippen MR) is 61.4 cm³/mol. The third-order valence-corrected chi connectivity index (χ3v) is 2.58. The van der Waals surface area contributed by atoms with E-state index in [9.17, 15) is 9.90 Å². The lowest BCUT2D eigenvalue weighted by molar-refractivity contribution is 0.112. The Balaban J connectivity index is 2.41. The van der Waals surface area contributed by atoms with Crippen LogP contribution in [0.3, 0.4) is 0 Å². The first-order valence-corrected chi connectivity index (χ1v) is 5.29. The van der Waals surface area contributed by atoms with Gasteiger partial charge in [-0.3, -0.25) is 4.79 Å². The molecule has 2 aromatic rings. The zero-order valence-corrected chi connectivity index (χ0v) is 9.13. The normalized spacial score (nSPS) is 12.9. The molecule has 0 saturated heterocycles. The van der Waals surface area contributed by atoms with E-state index in [0.29, 0.717) is 18.5 Å². The third-order valence-electron chi connectivity index (χ3n) is 2.58. The van der Waals surface area contributed by atoms with Gasteiger partial charge in [-0.05, 0) is 25.5 Å². The van der Waals surface area contributed by atoms with Gasteiger partial charge in [-0.2, -0.15) is 0 Å². The molecule has 0 aliphatic rings. The molecule has 1 N–H and O–H groups in total. The highest BCUT2D eigenvalue weighted by molar-refractivity contribution is 5.95. The van der Waals surface area contributed by atoms with Gasteiger partial charge in [-0.15, -0.1) is 0 Å². The zero-order valence-electron chi connectivity index (χ0n) is 9.13. The van der Waals surface area contributed by atoms with Crippen molar-refractivity contribution in [3.8, 4) is 0 Å². The summed E-state index contributed by atoms with van der Waals surface area (Å²) in [5.74, 6) is 0. The summed E-state index contributed by atoms with van der Waals surface area (Å²) in [7, 11) is 0. The van der Waals surface area contributed by atoms with E-state index >= 15 is 0 Å². The number of aliphatic hydroxyl groups excluding tert-OH is 1. The van der Waals surface area contributed by atoms with Crippen molar-refractivity contribution in [1.82, 2.24) is 9.55 Å². The zero-order chi connectivity index (χ0) is 11.5. The van der Waals surface area contributed by atoms with Crippen molar-refractivity contribution < 1.29 is 9.90 Å². The van der Waals surface area contributed by atoms with Gasteiger partial charge in [0.15, 0.2) is 6.29 Å². The second-order valence-corrected chi connectivity index (χ2v) is 3.91. The van der Waals surface area contributed by atoms with Gasteiger partial charge in [0.2, 0.25) is 0 Å². The number of nitrogens with zero attached hydrogens (tertiary/aromatic N) is 2. The number of aldehydes is 1. The van der Waals surface area contributed by atoms with Crippen LogP contribution >= 0.6 is 0 Å². The molecule has 0 aromatic carbocycles. The van der Waals surface area contributed by atoms with Crippen molar-refractivity contribution in [2.45, 2.75) is 26.0 Å². The minimum atomic E-state index is -0.346. The molecule has 0 bridgehead atoms. The number of rotatable bonds is 4. The van der Waals surface area contributed by atoms with E-state index in [1.165, 1.54) is 0 Å². The van der Waals surface area contributed by atoms with Crippen LogP contribution in [0.1, 0.15) is 23.7 Å². The van der Waals surface area contributed by atoms with Crippen LogP contribution in [0.25, 0.3) is 11.0 Å². The smallest absolute Gasteiger partial charge is 0.152 e. The first-order chi connectivity index (χ1) is 7.72. The lowest BCUT2D eigenvalue weighted by Gasteiger charge is -2.05. The van der Waals surface area contributed by atoms with E-state index in [2.05, 4.69) is 4.98 Å². The molecular formula is C12H14N2O2. The van der Waals surface area contributed by atoms with Crippen LogP contribution in [0.5, 0.6) is 0 Å². The van der Waals surface area contributed by atoms with Crippen LogP contribution in [-0.2, 0) is 6.54 Å². The summed E-state index contributed by atoms with van der Waals surface area (Å²) in [4.78, 5) is 15.1. The SMILES string of the molecule is CC(O)CCn1cc(C=O)c2cccnc21. The van der Waals surface area contributed by atoms with E-state index in [0.717, 1.165) is 17.3 Å². The van der Waals surface area contributed by atoms with Crippen LogP contribution in [0, 0.1) is 0 Å². The maximum absolute atomic E-state index is 10.9. The Hall–Kier alpha value is -1.68. The van der Waals surface area contributed by atoms with E-state index < -0.39 is 0 Å². The Bertz CT molecular complexity index is 503. The van der Waals surface area contributed by atoms with Crippen LogP contribution < -0.4 is 0 Å². The summed E-state index contributed by atoms with van der Waals surface area (Å²) >= 11 is 0. The van der Waals surface area contributed by atoms with E-state index in [-0.39, 0.29) is 6.10 Å². The standard InChI is InChI=1S/C12H14N2O2/c1-9(16)4-6-14-7-10(8-15)11-3-2-5-13-12(11)14/h2-3,5,7-9,16H,4,6H2,1H3. The molecule has 0 aliphatic carbocycles. The Labute approximate surface area is 93.5 Å². The number of hydrogen-bond acceptors (Lipinski definition) is 3. The fraction of sp³-hybridized carbons (Fsp3) is 0.333. The van der Waals surface area contributed by atoms with Gasteiger partial charge in [0.1, 0.15) is 5.65 Å². The largest absolute Gasteiger partial charge is 0.393 e. The molecule has 1 unspecified atom stereocenters. The molecule has 2 aromatic heterocycles. The molecule has 0 spiro atoms. The Kier molecular flexibility index (Phi) is 3.01. The molecule has 16 heavy (non-hydrogen) atoms. The maximum atomic E-state index is 10.9. The van der Waals surface area contributed by atoms with Crippen LogP contribution in [-0.4, -0.2) is 27.0 Å². The number of aryl methyl sites for hydroxylation is 1. The van der Waals surface area contributed by atoms with Crippen LogP contribution in [0.4, 0.5) is 0 Å². The molecule has 0 aliphatic heterocycles. The summed E-state index contributed by atoms with van der Waals surface area (Å²) in [5, 5.41) is 10.1. The molecule has 2 rings (SSSR count). The monoisotopic (exact) mass is 218 g/mol. The fourth-order valence-electron chi connectivity index (χ4n) is 1.74. The van der Waals surface area contributed by atoms with Gasteiger partial charge in [-0.1, -0.05) is 0 Å². The van der Waals surface area contributed by atoms with Gasteiger partial charge in [0.05, 0.1) is 6.10 Å². The summed E-state index contributed by atoms with van der Waals surface area (Å²) in [6, 6.07) is 3.69. The average molecular weight is 218 g/mol. The van der Waals surface area contributed by atoms with E-state index in [1.54, 1.807) is 19.3 Å². The lowest BCUT2D eigenvalue weighted by Crippen LogP contribution is -2.06. The molecule has 0 fully saturated rings. The van der Waals surface area contributed by atoms with Crippen molar-refractivity contribution in [2.75, 3.05) is 0 Å². The average Bonchev–Trinajstić information content (AvgIpc) is 2.65. The summed E-state index contributed by atoms with van der Waals surface area (Å²) in [6.07, 6.45) is 4.63. The van der Waals surface area contributed by atoms with Crippen LogP contribution in [0.2, 0.25) is 0 Å². The van der Waals surface area contributed by atoms with Gasteiger partial charge < -0.3 is 9.67 Å². The van der Waals surface area contributed by atoms with Crippen molar-refractivity contribution in [3.05, 3.63) is 30.1 Å². The molecule has 84 valence electrons. The summed E-state index contributed by atoms with van der Waals surface area (Å²) in [6.45, 7) is 2.42. The fourth-order valence-corrected chi connectivity index (χ4v) is 1.74. The highest BCUT2D eigenvalue weighted by Gasteiger charge is 2.08. The number of aliphatic hydroxyl groups is 1. The van der Waals surface area contributed by atoms with Gasteiger partial charge >= 0.3 is 0 Å². The van der Waals surface area contributed by atoms with Gasteiger partial charge in [0.25, 0.3) is 0 Å². The Morgan fingerprint density at radius 2 is 2.44 bits per heavy atom. The number of carbonyl (C=O) groups is 1. The molecule has 1 atom stereocenters. The highest BCUT2D eigenvalue weighted by Crippen LogP contribution is 2.18. The quantitative estimate of drug-likeness (QED) is 0.793. The molecule has 4 heteroatoms. The summed E-state index contributed by atoms with van der Waals surface area (Å²) < 4.78 is 1.91. The number of pyridine rings is 1.